The molecular formula is C14H19N3S. The van der Waals surface area contributed by atoms with Gasteiger partial charge < -0.3 is 10.6 Å². The van der Waals surface area contributed by atoms with Gasteiger partial charge in [-0.15, -0.1) is 11.3 Å². The fraction of sp³-hybridized carbons (Fsp3) is 0.357. The molecule has 2 heterocycles. The summed E-state index contributed by atoms with van der Waals surface area (Å²) in [7, 11) is 2.09. The average Bonchev–Trinajstić information content (AvgIpc) is 2.89. The number of likely N-dealkylation sites (N-methyl/N-ethyl adjacent to an activating group) is 1. The summed E-state index contributed by atoms with van der Waals surface area (Å²) in [4.78, 5) is 8.02. The van der Waals surface area contributed by atoms with E-state index in [-0.39, 0.29) is 6.04 Å². The minimum Gasteiger partial charge on any atom is -0.373 e. The van der Waals surface area contributed by atoms with Gasteiger partial charge in [-0.1, -0.05) is 6.07 Å². The van der Waals surface area contributed by atoms with E-state index >= 15 is 0 Å². The molecule has 0 aliphatic heterocycles. The highest BCUT2D eigenvalue weighted by molar-refractivity contribution is 7.09. The van der Waals surface area contributed by atoms with Crippen molar-refractivity contribution in [3.8, 4) is 0 Å². The maximum Gasteiger partial charge on any atom is 0.0569 e. The normalized spacial score (nSPS) is 12.4. The van der Waals surface area contributed by atoms with Gasteiger partial charge in [0.05, 0.1) is 17.6 Å². The molecule has 4 heteroatoms. The SMILES string of the molecule is C[C@H](N)c1ccc(N(C)CCc2cccs2)cn1. The average molecular weight is 261 g/mol. The molecule has 0 aliphatic carbocycles. The Bertz CT molecular complexity index is 462. The van der Waals surface area contributed by atoms with Crippen molar-refractivity contribution in [1.82, 2.24) is 4.98 Å². The first-order chi connectivity index (χ1) is 8.66. The van der Waals surface area contributed by atoms with Crippen molar-refractivity contribution >= 4 is 17.0 Å². The Morgan fingerprint density at radius 1 is 1.39 bits per heavy atom. The molecule has 0 spiro atoms. The smallest absolute Gasteiger partial charge is 0.0569 e. The topological polar surface area (TPSA) is 42.1 Å². The summed E-state index contributed by atoms with van der Waals surface area (Å²) in [5, 5.41) is 2.12. The summed E-state index contributed by atoms with van der Waals surface area (Å²) in [6.45, 7) is 2.95. The molecule has 0 bridgehead atoms. The Morgan fingerprint density at radius 3 is 2.78 bits per heavy atom. The summed E-state index contributed by atoms with van der Waals surface area (Å²) < 4.78 is 0. The highest BCUT2D eigenvalue weighted by Gasteiger charge is 2.04. The minimum atomic E-state index is -0.00419. The number of anilines is 1. The third-order valence-corrected chi connectivity index (χ3v) is 3.89. The third kappa shape index (κ3) is 3.31. The lowest BCUT2D eigenvalue weighted by Crippen LogP contribution is -2.20. The van der Waals surface area contributed by atoms with Gasteiger partial charge in [0.25, 0.3) is 0 Å². The first-order valence-electron chi connectivity index (χ1n) is 6.12. The van der Waals surface area contributed by atoms with Crippen molar-refractivity contribution in [2.45, 2.75) is 19.4 Å². The maximum absolute atomic E-state index is 5.79. The summed E-state index contributed by atoms with van der Waals surface area (Å²) >= 11 is 1.81. The zero-order valence-electron chi connectivity index (χ0n) is 10.8. The molecule has 0 amide bonds. The lowest BCUT2D eigenvalue weighted by atomic mass is 10.2. The first kappa shape index (κ1) is 13.1. The molecule has 0 fully saturated rings. The van der Waals surface area contributed by atoms with Crippen LogP contribution in [0.2, 0.25) is 0 Å². The Balaban J connectivity index is 1.94. The van der Waals surface area contributed by atoms with Gasteiger partial charge >= 0.3 is 0 Å². The van der Waals surface area contributed by atoms with Crippen LogP contribution in [0.25, 0.3) is 0 Å². The molecule has 2 rings (SSSR count). The molecule has 18 heavy (non-hydrogen) atoms. The summed E-state index contributed by atoms with van der Waals surface area (Å²) in [5.41, 5.74) is 7.86. The Labute approximate surface area is 112 Å². The Morgan fingerprint density at radius 2 is 2.22 bits per heavy atom. The molecule has 0 aromatic carbocycles. The summed E-state index contributed by atoms with van der Waals surface area (Å²) in [6.07, 6.45) is 2.97. The monoisotopic (exact) mass is 261 g/mol. The van der Waals surface area contributed by atoms with Crippen LogP contribution >= 0.6 is 11.3 Å². The molecule has 0 saturated heterocycles. The van der Waals surface area contributed by atoms with E-state index < -0.39 is 0 Å². The fourth-order valence-corrected chi connectivity index (χ4v) is 2.45. The van der Waals surface area contributed by atoms with E-state index in [0.717, 1.165) is 24.3 Å². The molecule has 0 unspecified atom stereocenters. The predicted molar refractivity (Wildman–Crippen MR) is 78.1 cm³/mol. The molecule has 2 N–H and O–H groups in total. The maximum atomic E-state index is 5.79. The highest BCUT2D eigenvalue weighted by Crippen LogP contribution is 2.16. The number of nitrogens with zero attached hydrogens (tertiary/aromatic N) is 2. The lowest BCUT2D eigenvalue weighted by Gasteiger charge is -2.19. The van der Waals surface area contributed by atoms with Crippen LogP contribution in [0.1, 0.15) is 23.5 Å². The quantitative estimate of drug-likeness (QED) is 0.900. The number of hydrogen-bond donors (Lipinski definition) is 1. The number of pyridine rings is 1. The predicted octanol–water partition coefficient (Wildman–Crippen LogP) is 2.84. The van der Waals surface area contributed by atoms with Gasteiger partial charge in [0.15, 0.2) is 0 Å². The molecule has 96 valence electrons. The summed E-state index contributed by atoms with van der Waals surface area (Å²) in [6, 6.07) is 8.35. The molecule has 3 nitrogen and oxygen atoms in total. The zero-order chi connectivity index (χ0) is 13.0. The molecular weight excluding hydrogens is 242 g/mol. The number of hydrogen-bond acceptors (Lipinski definition) is 4. The van der Waals surface area contributed by atoms with Gasteiger partial charge in [-0.3, -0.25) is 4.98 Å². The second-order valence-electron chi connectivity index (χ2n) is 4.48. The van der Waals surface area contributed by atoms with Crippen molar-refractivity contribution < 1.29 is 0 Å². The second-order valence-corrected chi connectivity index (χ2v) is 5.51. The van der Waals surface area contributed by atoms with E-state index in [1.54, 1.807) is 0 Å². The molecule has 1 atom stereocenters. The van der Waals surface area contributed by atoms with Crippen molar-refractivity contribution in [1.29, 1.82) is 0 Å². The molecule has 0 saturated carbocycles. The van der Waals surface area contributed by atoms with Gasteiger partial charge in [0.2, 0.25) is 0 Å². The van der Waals surface area contributed by atoms with Crippen molar-refractivity contribution in [2.75, 3.05) is 18.5 Å². The number of aromatic nitrogens is 1. The van der Waals surface area contributed by atoms with E-state index in [9.17, 15) is 0 Å². The fourth-order valence-electron chi connectivity index (χ4n) is 1.75. The number of rotatable bonds is 5. The zero-order valence-corrected chi connectivity index (χ0v) is 11.7. The van der Waals surface area contributed by atoms with Crippen LogP contribution in [0.3, 0.4) is 0 Å². The largest absolute Gasteiger partial charge is 0.373 e. The van der Waals surface area contributed by atoms with E-state index in [4.69, 9.17) is 5.73 Å². The van der Waals surface area contributed by atoms with Crippen molar-refractivity contribution in [3.05, 3.63) is 46.4 Å². The second kappa shape index (κ2) is 5.98. The third-order valence-electron chi connectivity index (χ3n) is 2.95. The van der Waals surface area contributed by atoms with Crippen LogP contribution in [0.4, 0.5) is 5.69 Å². The summed E-state index contributed by atoms with van der Waals surface area (Å²) in [5.74, 6) is 0. The Hall–Kier alpha value is -1.39. The highest BCUT2D eigenvalue weighted by atomic mass is 32.1. The van der Waals surface area contributed by atoms with E-state index in [0.29, 0.717) is 0 Å². The van der Waals surface area contributed by atoms with Crippen LogP contribution in [0.5, 0.6) is 0 Å². The molecule has 0 aliphatic rings. The van der Waals surface area contributed by atoms with Gasteiger partial charge in [0.1, 0.15) is 0 Å². The standard InChI is InChI=1S/C14H19N3S/c1-11(15)14-6-5-12(10-16-14)17(2)8-7-13-4-3-9-18-13/h3-6,9-11H,7-8,15H2,1-2H3/t11-/m0/s1. The minimum absolute atomic E-state index is 0.00419. The van der Waals surface area contributed by atoms with Gasteiger partial charge in [-0.25, -0.2) is 0 Å². The van der Waals surface area contributed by atoms with Crippen LogP contribution in [0.15, 0.2) is 35.8 Å². The lowest BCUT2D eigenvalue weighted by molar-refractivity contribution is 0.778. The van der Waals surface area contributed by atoms with Gasteiger partial charge in [0, 0.05) is 24.5 Å². The van der Waals surface area contributed by atoms with Gasteiger partial charge in [-0.05, 0) is 36.9 Å². The van der Waals surface area contributed by atoms with E-state index in [1.807, 2.05) is 30.5 Å². The van der Waals surface area contributed by atoms with Crippen LogP contribution in [-0.4, -0.2) is 18.6 Å². The molecule has 2 aromatic rings. The first-order valence-corrected chi connectivity index (χ1v) is 7.00. The number of thiophene rings is 1. The van der Waals surface area contributed by atoms with Crippen molar-refractivity contribution in [2.24, 2.45) is 5.73 Å². The van der Waals surface area contributed by atoms with Gasteiger partial charge in [-0.2, -0.15) is 0 Å². The van der Waals surface area contributed by atoms with Crippen LogP contribution in [0, 0.1) is 0 Å². The molecule has 2 aromatic heterocycles. The van der Waals surface area contributed by atoms with E-state index in [1.165, 1.54) is 4.88 Å². The van der Waals surface area contributed by atoms with Crippen molar-refractivity contribution in [3.63, 3.8) is 0 Å². The number of nitrogens with two attached hydrogens (primary N) is 1. The molecule has 0 radical (unpaired) electrons. The van der Waals surface area contributed by atoms with Crippen LogP contribution in [-0.2, 0) is 6.42 Å². The van der Waals surface area contributed by atoms with E-state index in [2.05, 4.69) is 40.5 Å². The Kier molecular flexibility index (Phi) is 4.33. The van der Waals surface area contributed by atoms with Crippen LogP contribution < -0.4 is 10.6 Å².